The van der Waals surface area contributed by atoms with Gasteiger partial charge in [-0.1, -0.05) is 0 Å². The van der Waals surface area contributed by atoms with Crippen LogP contribution in [0.5, 0.6) is 5.88 Å². The van der Waals surface area contributed by atoms with Crippen LogP contribution in [0.2, 0.25) is 0 Å². The second-order valence-electron chi connectivity index (χ2n) is 2.67. The zero-order valence-corrected chi connectivity index (χ0v) is 7.70. The van der Waals surface area contributed by atoms with Gasteiger partial charge in [-0.15, -0.1) is 0 Å². The van der Waals surface area contributed by atoms with E-state index in [2.05, 4.69) is 4.98 Å². The number of pyridine rings is 1. The summed E-state index contributed by atoms with van der Waals surface area (Å²) in [5, 5.41) is 0. The molecule has 2 N–H and O–H groups in total. The Bertz CT molecular complexity index is 323. The third-order valence-corrected chi connectivity index (χ3v) is 1.65. The minimum absolute atomic E-state index is 0.00656. The SMILES string of the molecule is COc1cc(C(=O)CN)cc(C)n1. The van der Waals surface area contributed by atoms with Crippen molar-refractivity contribution in [2.45, 2.75) is 6.92 Å². The van der Waals surface area contributed by atoms with Crippen LogP contribution in [-0.4, -0.2) is 24.4 Å². The van der Waals surface area contributed by atoms with Crippen LogP contribution in [0, 0.1) is 6.92 Å². The molecule has 13 heavy (non-hydrogen) atoms. The molecule has 4 heteroatoms. The first-order chi connectivity index (χ1) is 6.17. The van der Waals surface area contributed by atoms with E-state index < -0.39 is 0 Å². The van der Waals surface area contributed by atoms with Gasteiger partial charge in [0.25, 0.3) is 0 Å². The highest BCUT2D eigenvalue weighted by Gasteiger charge is 2.06. The zero-order chi connectivity index (χ0) is 9.84. The fraction of sp³-hybridized carbons (Fsp3) is 0.333. The Morgan fingerprint density at radius 3 is 2.85 bits per heavy atom. The second-order valence-corrected chi connectivity index (χ2v) is 2.67. The average molecular weight is 180 g/mol. The summed E-state index contributed by atoms with van der Waals surface area (Å²) in [5.41, 5.74) is 6.53. The van der Waals surface area contributed by atoms with Crippen LogP contribution in [0.1, 0.15) is 16.1 Å². The van der Waals surface area contributed by atoms with Crippen LogP contribution >= 0.6 is 0 Å². The first-order valence-electron chi connectivity index (χ1n) is 3.93. The highest BCUT2D eigenvalue weighted by Crippen LogP contribution is 2.11. The summed E-state index contributed by atoms with van der Waals surface area (Å²) >= 11 is 0. The molecule has 0 atom stereocenters. The first-order valence-corrected chi connectivity index (χ1v) is 3.93. The molecule has 0 fully saturated rings. The number of ether oxygens (including phenoxy) is 1. The van der Waals surface area contributed by atoms with Crippen LogP contribution in [0.4, 0.5) is 0 Å². The van der Waals surface area contributed by atoms with Gasteiger partial charge in [0.05, 0.1) is 13.7 Å². The number of carbonyl (C=O) groups excluding carboxylic acids is 1. The quantitative estimate of drug-likeness (QED) is 0.689. The maximum Gasteiger partial charge on any atom is 0.213 e. The Balaban J connectivity index is 3.08. The highest BCUT2D eigenvalue weighted by molar-refractivity contribution is 5.97. The fourth-order valence-corrected chi connectivity index (χ4v) is 1.02. The Hall–Kier alpha value is -1.42. The van der Waals surface area contributed by atoms with Crippen molar-refractivity contribution in [3.8, 4) is 5.88 Å². The van der Waals surface area contributed by atoms with Crippen LogP contribution in [-0.2, 0) is 0 Å². The fourth-order valence-electron chi connectivity index (χ4n) is 1.02. The summed E-state index contributed by atoms with van der Waals surface area (Å²) in [4.78, 5) is 15.3. The predicted molar refractivity (Wildman–Crippen MR) is 48.9 cm³/mol. The van der Waals surface area contributed by atoms with E-state index in [0.717, 1.165) is 5.69 Å². The van der Waals surface area contributed by atoms with Crippen molar-refractivity contribution in [3.05, 3.63) is 23.4 Å². The summed E-state index contributed by atoms with van der Waals surface area (Å²) in [6, 6.07) is 3.28. The van der Waals surface area contributed by atoms with Gasteiger partial charge in [-0.05, 0) is 13.0 Å². The minimum atomic E-state index is -0.108. The molecule has 0 amide bonds. The molecule has 0 spiro atoms. The topological polar surface area (TPSA) is 65.2 Å². The molecular formula is C9H12N2O2. The number of rotatable bonds is 3. The summed E-state index contributed by atoms with van der Waals surface area (Å²) in [6.45, 7) is 1.81. The molecule has 0 saturated carbocycles. The number of ketones is 1. The van der Waals surface area contributed by atoms with Gasteiger partial charge in [-0.3, -0.25) is 4.79 Å². The maximum atomic E-state index is 11.2. The van der Waals surface area contributed by atoms with E-state index in [0.29, 0.717) is 11.4 Å². The largest absolute Gasteiger partial charge is 0.481 e. The molecule has 0 unspecified atom stereocenters. The molecule has 4 nitrogen and oxygen atoms in total. The zero-order valence-electron chi connectivity index (χ0n) is 7.70. The molecule has 1 aromatic rings. The lowest BCUT2D eigenvalue weighted by atomic mass is 10.1. The number of aromatic nitrogens is 1. The Kier molecular flexibility index (Phi) is 2.97. The third-order valence-electron chi connectivity index (χ3n) is 1.65. The number of nitrogens with two attached hydrogens (primary N) is 1. The van der Waals surface area contributed by atoms with E-state index in [1.54, 1.807) is 19.1 Å². The van der Waals surface area contributed by atoms with Gasteiger partial charge in [0.15, 0.2) is 5.78 Å². The van der Waals surface area contributed by atoms with Gasteiger partial charge in [0, 0.05) is 17.3 Å². The lowest BCUT2D eigenvalue weighted by molar-refractivity contribution is 0.100. The van der Waals surface area contributed by atoms with E-state index in [1.807, 2.05) is 0 Å². The average Bonchev–Trinajstić information content (AvgIpc) is 2.15. The van der Waals surface area contributed by atoms with Crippen molar-refractivity contribution in [3.63, 3.8) is 0 Å². The van der Waals surface area contributed by atoms with Gasteiger partial charge in [-0.25, -0.2) is 4.98 Å². The molecule has 0 radical (unpaired) electrons. The van der Waals surface area contributed by atoms with Crippen LogP contribution in [0.15, 0.2) is 12.1 Å². The van der Waals surface area contributed by atoms with E-state index >= 15 is 0 Å². The smallest absolute Gasteiger partial charge is 0.213 e. The number of aryl methyl sites for hydroxylation is 1. The minimum Gasteiger partial charge on any atom is -0.481 e. The third kappa shape index (κ3) is 2.26. The predicted octanol–water partition coefficient (Wildman–Crippen LogP) is 0.540. The molecule has 1 aromatic heterocycles. The van der Waals surface area contributed by atoms with Crippen molar-refractivity contribution >= 4 is 5.78 Å². The molecule has 0 aliphatic carbocycles. The van der Waals surface area contributed by atoms with Crippen LogP contribution in [0.25, 0.3) is 0 Å². The lowest BCUT2D eigenvalue weighted by Gasteiger charge is -2.03. The molecule has 0 aliphatic heterocycles. The molecule has 0 aromatic carbocycles. The van der Waals surface area contributed by atoms with Crippen molar-refractivity contribution < 1.29 is 9.53 Å². The van der Waals surface area contributed by atoms with E-state index in [4.69, 9.17) is 10.5 Å². The summed E-state index contributed by atoms with van der Waals surface area (Å²) in [7, 11) is 1.51. The highest BCUT2D eigenvalue weighted by atomic mass is 16.5. The molecule has 0 aliphatic rings. The normalized spacial score (nSPS) is 9.77. The number of carbonyl (C=O) groups is 1. The Labute approximate surface area is 76.7 Å². The van der Waals surface area contributed by atoms with Crippen LogP contribution in [0.3, 0.4) is 0 Å². The number of hydrogen-bond acceptors (Lipinski definition) is 4. The molecule has 0 bridgehead atoms. The second kappa shape index (κ2) is 4.00. The van der Waals surface area contributed by atoms with Gasteiger partial charge >= 0.3 is 0 Å². The summed E-state index contributed by atoms with van der Waals surface area (Å²) in [6.07, 6.45) is 0. The Morgan fingerprint density at radius 2 is 2.31 bits per heavy atom. The summed E-state index contributed by atoms with van der Waals surface area (Å²) in [5.74, 6) is 0.334. The molecular weight excluding hydrogens is 168 g/mol. The van der Waals surface area contributed by atoms with Crippen molar-refractivity contribution in [1.29, 1.82) is 0 Å². The van der Waals surface area contributed by atoms with Gasteiger partial charge in [0.1, 0.15) is 0 Å². The molecule has 70 valence electrons. The molecule has 1 rings (SSSR count). The monoisotopic (exact) mass is 180 g/mol. The number of nitrogens with zero attached hydrogens (tertiary/aromatic N) is 1. The number of Topliss-reactive ketones (excluding diaryl/α,β-unsaturated/α-hetero) is 1. The first kappa shape index (κ1) is 9.67. The van der Waals surface area contributed by atoms with E-state index in [9.17, 15) is 4.79 Å². The molecule has 0 saturated heterocycles. The molecule has 1 heterocycles. The van der Waals surface area contributed by atoms with Crippen LogP contribution < -0.4 is 10.5 Å². The van der Waals surface area contributed by atoms with Gasteiger partial charge in [0.2, 0.25) is 5.88 Å². The number of hydrogen-bond donors (Lipinski definition) is 1. The van der Waals surface area contributed by atoms with Crippen molar-refractivity contribution in [2.75, 3.05) is 13.7 Å². The van der Waals surface area contributed by atoms with Crippen molar-refractivity contribution in [1.82, 2.24) is 4.98 Å². The standard InChI is InChI=1S/C9H12N2O2/c1-6-3-7(8(12)5-10)4-9(11-6)13-2/h3-4H,5,10H2,1-2H3. The Morgan fingerprint density at radius 1 is 1.62 bits per heavy atom. The van der Waals surface area contributed by atoms with Gasteiger partial charge < -0.3 is 10.5 Å². The van der Waals surface area contributed by atoms with Gasteiger partial charge in [-0.2, -0.15) is 0 Å². The van der Waals surface area contributed by atoms with Crippen molar-refractivity contribution in [2.24, 2.45) is 5.73 Å². The summed E-state index contributed by atoms with van der Waals surface area (Å²) < 4.78 is 4.93. The maximum absolute atomic E-state index is 11.2. The number of methoxy groups -OCH3 is 1. The van der Waals surface area contributed by atoms with E-state index in [-0.39, 0.29) is 12.3 Å². The van der Waals surface area contributed by atoms with E-state index in [1.165, 1.54) is 7.11 Å². The lowest BCUT2D eigenvalue weighted by Crippen LogP contribution is -2.14.